The number of nitrogens with zero attached hydrogens (tertiary/aromatic N) is 4. The molecule has 92 valence electrons. The van der Waals surface area contributed by atoms with Crippen molar-refractivity contribution >= 4 is 6.08 Å². The maximum Gasteiger partial charge on any atom is 0.130 e. The van der Waals surface area contributed by atoms with E-state index in [0.29, 0.717) is 11.3 Å². The number of methoxy groups -OCH3 is 1. The Morgan fingerprint density at radius 3 is 2.74 bits per heavy atom. The average Bonchev–Trinajstić information content (AvgIpc) is 2.98. The Morgan fingerprint density at radius 1 is 1.37 bits per heavy atom. The molecule has 0 spiro atoms. The third kappa shape index (κ3) is 2.62. The van der Waals surface area contributed by atoms with E-state index in [2.05, 4.69) is 5.10 Å². The van der Waals surface area contributed by atoms with Gasteiger partial charge >= 0.3 is 0 Å². The molecule has 2 aromatic rings. The smallest absolute Gasteiger partial charge is 0.130 e. The van der Waals surface area contributed by atoms with Gasteiger partial charge in [-0.05, 0) is 30.3 Å². The van der Waals surface area contributed by atoms with Crippen LogP contribution in [0.5, 0.6) is 5.75 Å². The molecule has 0 fully saturated rings. The molecule has 0 saturated carbocycles. The lowest BCUT2D eigenvalue weighted by Crippen LogP contribution is -1.98. The van der Waals surface area contributed by atoms with E-state index in [4.69, 9.17) is 15.3 Å². The van der Waals surface area contributed by atoms with E-state index in [9.17, 15) is 0 Å². The first-order chi connectivity index (χ1) is 9.28. The third-order valence-corrected chi connectivity index (χ3v) is 2.53. The minimum atomic E-state index is 0.0293. The van der Waals surface area contributed by atoms with Crippen molar-refractivity contribution in [3.05, 3.63) is 47.8 Å². The molecule has 0 atom stereocenters. The number of hydrogen-bond acceptors (Lipinski definition) is 4. The quantitative estimate of drug-likeness (QED) is 0.783. The van der Waals surface area contributed by atoms with E-state index in [1.165, 1.54) is 6.08 Å². The molecule has 0 N–H and O–H groups in total. The first-order valence-corrected chi connectivity index (χ1v) is 5.48. The van der Waals surface area contributed by atoms with E-state index < -0.39 is 0 Å². The lowest BCUT2D eigenvalue weighted by atomic mass is 10.1. The van der Waals surface area contributed by atoms with Crippen LogP contribution in [0.2, 0.25) is 0 Å². The van der Waals surface area contributed by atoms with E-state index in [-0.39, 0.29) is 5.57 Å². The zero-order chi connectivity index (χ0) is 13.7. The summed E-state index contributed by atoms with van der Waals surface area (Å²) in [6.07, 6.45) is 4.96. The Hall–Kier alpha value is -3.05. The lowest BCUT2D eigenvalue weighted by Gasteiger charge is -2.08. The van der Waals surface area contributed by atoms with Gasteiger partial charge in [-0.25, -0.2) is 4.68 Å². The standard InChI is InChI=1S/C14H10N4O/c1-19-13-3-4-14(18-6-2-5-17-18)12(8-13)7-11(9-15)10-16/h2-8H,1H3. The van der Waals surface area contributed by atoms with E-state index in [1.54, 1.807) is 42.4 Å². The van der Waals surface area contributed by atoms with Crippen LogP contribution in [-0.4, -0.2) is 16.9 Å². The second kappa shape index (κ2) is 5.52. The molecule has 5 heteroatoms. The Morgan fingerprint density at radius 2 is 2.16 bits per heavy atom. The molecule has 5 nitrogen and oxygen atoms in total. The van der Waals surface area contributed by atoms with Gasteiger partial charge in [0.2, 0.25) is 0 Å². The fourth-order valence-corrected chi connectivity index (χ4v) is 1.64. The van der Waals surface area contributed by atoms with E-state index >= 15 is 0 Å². The molecule has 0 aliphatic rings. The molecule has 1 heterocycles. The summed E-state index contributed by atoms with van der Waals surface area (Å²) >= 11 is 0. The van der Waals surface area contributed by atoms with Crippen LogP contribution in [0.25, 0.3) is 11.8 Å². The van der Waals surface area contributed by atoms with Gasteiger partial charge in [0.15, 0.2) is 0 Å². The van der Waals surface area contributed by atoms with E-state index in [0.717, 1.165) is 5.69 Å². The van der Waals surface area contributed by atoms with Gasteiger partial charge in [0.05, 0.1) is 12.8 Å². The van der Waals surface area contributed by atoms with Crippen LogP contribution in [-0.2, 0) is 0 Å². The molecule has 1 aromatic heterocycles. The largest absolute Gasteiger partial charge is 0.497 e. The van der Waals surface area contributed by atoms with Gasteiger partial charge in [0.1, 0.15) is 23.5 Å². The summed E-state index contributed by atoms with van der Waals surface area (Å²) in [5.41, 5.74) is 1.50. The molecule has 0 aliphatic carbocycles. The monoisotopic (exact) mass is 250 g/mol. The van der Waals surface area contributed by atoms with Gasteiger partial charge in [-0.15, -0.1) is 0 Å². The predicted octanol–water partition coefficient (Wildman–Crippen LogP) is 2.31. The van der Waals surface area contributed by atoms with Crippen LogP contribution < -0.4 is 4.74 Å². The third-order valence-electron chi connectivity index (χ3n) is 2.53. The molecule has 0 saturated heterocycles. The molecule has 0 amide bonds. The number of ether oxygens (including phenoxy) is 1. The molecule has 0 bridgehead atoms. The fraction of sp³-hybridized carbons (Fsp3) is 0.0714. The van der Waals surface area contributed by atoms with Crippen LogP contribution in [0.15, 0.2) is 42.2 Å². The molecule has 0 unspecified atom stereocenters. The van der Waals surface area contributed by atoms with Crippen LogP contribution >= 0.6 is 0 Å². The van der Waals surface area contributed by atoms with Gasteiger partial charge in [-0.3, -0.25) is 0 Å². The van der Waals surface area contributed by atoms with E-state index in [1.807, 2.05) is 18.2 Å². The maximum atomic E-state index is 8.84. The summed E-state index contributed by atoms with van der Waals surface area (Å²) in [6.45, 7) is 0. The van der Waals surface area contributed by atoms with Gasteiger partial charge in [0, 0.05) is 18.0 Å². The Bertz CT molecular complexity index is 671. The molecular formula is C14H10N4O. The minimum Gasteiger partial charge on any atom is -0.497 e. The van der Waals surface area contributed by atoms with Crippen molar-refractivity contribution in [2.45, 2.75) is 0 Å². The maximum absolute atomic E-state index is 8.84. The summed E-state index contributed by atoms with van der Waals surface area (Å²) < 4.78 is 6.82. The summed E-state index contributed by atoms with van der Waals surface area (Å²) in [7, 11) is 1.56. The fourth-order valence-electron chi connectivity index (χ4n) is 1.64. The van der Waals surface area contributed by atoms with Crippen molar-refractivity contribution in [1.29, 1.82) is 10.5 Å². The number of benzene rings is 1. The predicted molar refractivity (Wildman–Crippen MR) is 69.3 cm³/mol. The average molecular weight is 250 g/mol. The highest BCUT2D eigenvalue weighted by atomic mass is 16.5. The number of aromatic nitrogens is 2. The topological polar surface area (TPSA) is 74.6 Å². The van der Waals surface area contributed by atoms with Crippen molar-refractivity contribution in [3.8, 4) is 23.6 Å². The molecule has 1 aromatic carbocycles. The van der Waals surface area contributed by atoms with Crippen LogP contribution in [0, 0.1) is 22.7 Å². The molecule has 19 heavy (non-hydrogen) atoms. The Kier molecular flexibility index (Phi) is 3.61. The highest BCUT2D eigenvalue weighted by Crippen LogP contribution is 2.22. The SMILES string of the molecule is COc1ccc(-n2cccn2)c(C=C(C#N)C#N)c1. The number of allylic oxidation sites excluding steroid dienone is 1. The zero-order valence-corrected chi connectivity index (χ0v) is 10.2. The number of rotatable bonds is 3. The summed E-state index contributed by atoms with van der Waals surface area (Å²) in [5, 5.41) is 21.8. The Balaban J connectivity index is 2.60. The van der Waals surface area contributed by atoms with Gasteiger partial charge in [-0.1, -0.05) is 0 Å². The van der Waals surface area contributed by atoms with Gasteiger partial charge in [0.25, 0.3) is 0 Å². The van der Waals surface area contributed by atoms with Crippen molar-refractivity contribution in [1.82, 2.24) is 9.78 Å². The van der Waals surface area contributed by atoms with Crippen LogP contribution in [0.3, 0.4) is 0 Å². The summed E-state index contributed by atoms with van der Waals surface area (Å²) in [4.78, 5) is 0. The van der Waals surface area contributed by atoms with Crippen LogP contribution in [0.4, 0.5) is 0 Å². The van der Waals surface area contributed by atoms with Crippen molar-refractivity contribution in [2.75, 3.05) is 7.11 Å². The second-order valence-corrected chi connectivity index (χ2v) is 3.66. The first-order valence-electron chi connectivity index (χ1n) is 5.48. The summed E-state index contributed by atoms with van der Waals surface area (Å²) in [5.74, 6) is 0.650. The highest BCUT2D eigenvalue weighted by Gasteiger charge is 2.06. The van der Waals surface area contributed by atoms with Gasteiger partial charge < -0.3 is 4.74 Å². The normalized spacial score (nSPS) is 9.21. The molecule has 0 radical (unpaired) electrons. The number of nitriles is 2. The van der Waals surface area contributed by atoms with Gasteiger partial charge in [-0.2, -0.15) is 15.6 Å². The van der Waals surface area contributed by atoms with Crippen molar-refractivity contribution in [3.63, 3.8) is 0 Å². The molecular weight excluding hydrogens is 240 g/mol. The lowest BCUT2D eigenvalue weighted by molar-refractivity contribution is 0.414. The second-order valence-electron chi connectivity index (χ2n) is 3.66. The molecule has 0 aliphatic heterocycles. The van der Waals surface area contributed by atoms with Crippen LogP contribution in [0.1, 0.15) is 5.56 Å². The molecule has 2 rings (SSSR count). The van der Waals surface area contributed by atoms with Crippen molar-refractivity contribution in [2.24, 2.45) is 0 Å². The Labute approximate surface area is 110 Å². The summed E-state index contributed by atoms with van der Waals surface area (Å²) in [6, 6.07) is 10.9. The highest BCUT2D eigenvalue weighted by molar-refractivity contribution is 5.69. The minimum absolute atomic E-state index is 0.0293. The number of hydrogen-bond donors (Lipinski definition) is 0. The first kappa shape index (κ1) is 12.4. The zero-order valence-electron chi connectivity index (χ0n) is 10.2. The van der Waals surface area contributed by atoms with Crippen molar-refractivity contribution < 1.29 is 4.74 Å².